The molecule has 44 heavy (non-hydrogen) atoms. The summed E-state index contributed by atoms with van der Waals surface area (Å²) in [6.07, 6.45) is 2.42. The lowest BCUT2D eigenvalue weighted by molar-refractivity contribution is 0.332. The summed E-state index contributed by atoms with van der Waals surface area (Å²) in [5, 5.41) is 0. The summed E-state index contributed by atoms with van der Waals surface area (Å²) in [6.45, 7) is 9.51. The molecule has 5 aromatic carbocycles. The first-order valence-corrected chi connectivity index (χ1v) is 15.5. The van der Waals surface area contributed by atoms with Crippen LogP contribution in [0.2, 0.25) is 0 Å². The highest BCUT2D eigenvalue weighted by atomic mass is 15.0. The lowest BCUT2D eigenvalue weighted by atomic mass is 9.63. The lowest BCUT2D eigenvalue weighted by Gasteiger charge is -2.42. The van der Waals surface area contributed by atoms with Crippen molar-refractivity contribution in [2.24, 2.45) is 0 Å². The first-order valence-electron chi connectivity index (χ1n) is 15.5. The minimum atomic E-state index is 0.176. The summed E-state index contributed by atoms with van der Waals surface area (Å²) >= 11 is 0. The Morgan fingerprint density at radius 2 is 0.705 bits per heavy atom. The molecule has 0 spiro atoms. The molecule has 7 rings (SSSR count). The predicted molar refractivity (Wildman–Crippen MR) is 182 cm³/mol. The number of hydrogen-bond acceptors (Lipinski definition) is 3. The van der Waals surface area contributed by atoms with Gasteiger partial charge < -0.3 is 0 Å². The third kappa shape index (κ3) is 5.35. The van der Waals surface area contributed by atoms with Gasteiger partial charge in [0.2, 0.25) is 0 Å². The summed E-state index contributed by atoms with van der Waals surface area (Å²) in [4.78, 5) is 14.8. The average Bonchev–Trinajstić information content (AvgIpc) is 3.07. The Labute approximate surface area is 260 Å². The number of fused-ring (bicyclic) bond motifs is 1. The highest BCUT2D eigenvalue weighted by Gasteiger charge is 2.37. The molecule has 1 heterocycles. The van der Waals surface area contributed by atoms with Crippen molar-refractivity contribution in [2.45, 2.75) is 51.4 Å². The quantitative estimate of drug-likeness (QED) is 0.207. The van der Waals surface area contributed by atoms with Gasteiger partial charge in [0.1, 0.15) is 0 Å². The topological polar surface area (TPSA) is 38.7 Å². The molecule has 0 aliphatic heterocycles. The Kier molecular flexibility index (Phi) is 6.97. The van der Waals surface area contributed by atoms with Gasteiger partial charge in [0, 0.05) is 16.7 Å². The van der Waals surface area contributed by atoms with Crippen molar-refractivity contribution in [3.63, 3.8) is 0 Å². The van der Waals surface area contributed by atoms with E-state index in [2.05, 4.69) is 119 Å². The van der Waals surface area contributed by atoms with E-state index in [-0.39, 0.29) is 10.8 Å². The second-order valence-electron chi connectivity index (χ2n) is 13.2. The molecule has 0 amide bonds. The zero-order valence-corrected chi connectivity index (χ0v) is 25.9. The van der Waals surface area contributed by atoms with Crippen LogP contribution in [0.5, 0.6) is 0 Å². The van der Waals surface area contributed by atoms with Crippen molar-refractivity contribution >= 4 is 0 Å². The molecule has 0 N–H and O–H groups in total. The first-order chi connectivity index (χ1) is 21.3. The van der Waals surface area contributed by atoms with Crippen LogP contribution in [-0.4, -0.2) is 15.0 Å². The van der Waals surface area contributed by atoms with E-state index >= 15 is 0 Å². The SMILES string of the molecule is CC1(C)CCC(C)(C)c2cc(-c3ccc(-c4nc(-c5ccccc5)nc(-c5ccc(-c6ccccc6)cc5)n4)cc3)ccc21. The van der Waals surface area contributed by atoms with Gasteiger partial charge in [-0.2, -0.15) is 0 Å². The van der Waals surface area contributed by atoms with Crippen molar-refractivity contribution in [3.8, 4) is 56.4 Å². The van der Waals surface area contributed by atoms with Crippen molar-refractivity contribution in [3.05, 3.63) is 139 Å². The second-order valence-corrected chi connectivity index (χ2v) is 13.2. The van der Waals surface area contributed by atoms with E-state index in [0.717, 1.165) is 22.3 Å². The maximum atomic E-state index is 4.97. The van der Waals surface area contributed by atoms with Gasteiger partial charge >= 0.3 is 0 Å². The molecular formula is C41H37N3. The van der Waals surface area contributed by atoms with E-state index in [1.165, 1.54) is 40.7 Å². The van der Waals surface area contributed by atoms with Crippen LogP contribution in [0.1, 0.15) is 51.7 Å². The van der Waals surface area contributed by atoms with Crippen LogP contribution in [0.15, 0.2) is 127 Å². The van der Waals surface area contributed by atoms with E-state index in [1.54, 1.807) is 0 Å². The average molecular weight is 572 g/mol. The number of nitrogens with zero attached hydrogens (tertiary/aromatic N) is 3. The minimum Gasteiger partial charge on any atom is -0.208 e. The molecule has 6 aromatic rings. The largest absolute Gasteiger partial charge is 0.208 e. The van der Waals surface area contributed by atoms with Gasteiger partial charge in [-0.05, 0) is 57.1 Å². The highest BCUT2D eigenvalue weighted by molar-refractivity contribution is 5.73. The molecule has 0 radical (unpaired) electrons. The lowest BCUT2D eigenvalue weighted by Crippen LogP contribution is -2.33. The number of benzene rings is 5. The Morgan fingerprint density at radius 3 is 1.20 bits per heavy atom. The summed E-state index contributed by atoms with van der Waals surface area (Å²) in [7, 11) is 0. The smallest absolute Gasteiger partial charge is 0.164 e. The number of rotatable bonds is 5. The van der Waals surface area contributed by atoms with Gasteiger partial charge in [-0.25, -0.2) is 15.0 Å². The highest BCUT2D eigenvalue weighted by Crippen LogP contribution is 2.46. The Bertz CT molecular complexity index is 1920. The monoisotopic (exact) mass is 571 g/mol. The van der Waals surface area contributed by atoms with Gasteiger partial charge in [-0.1, -0.05) is 155 Å². The van der Waals surface area contributed by atoms with E-state index < -0.39 is 0 Å². The van der Waals surface area contributed by atoms with Gasteiger partial charge in [-0.15, -0.1) is 0 Å². The Balaban J connectivity index is 1.26. The molecule has 0 bridgehead atoms. The summed E-state index contributed by atoms with van der Waals surface area (Å²) < 4.78 is 0. The second kappa shape index (κ2) is 11.0. The predicted octanol–water partition coefficient (Wildman–Crippen LogP) is 10.6. The maximum Gasteiger partial charge on any atom is 0.164 e. The zero-order valence-electron chi connectivity index (χ0n) is 25.9. The van der Waals surface area contributed by atoms with Gasteiger partial charge in [0.25, 0.3) is 0 Å². The van der Waals surface area contributed by atoms with Gasteiger partial charge in [0.15, 0.2) is 17.5 Å². The fourth-order valence-corrected chi connectivity index (χ4v) is 6.37. The van der Waals surface area contributed by atoms with Crippen LogP contribution < -0.4 is 0 Å². The number of hydrogen-bond donors (Lipinski definition) is 0. The number of aromatic nitrogens is 3. The van der Waals surface area contributed by atoms with Crippen LogP contribution >= 0.6 is 0 Å². The Hall–Kier alpha value is -4.89. The van der Waals surface area contributed by atoms with E-state index in [1.807, 2.05) is 36.4 Å². The third-order valence-corrected chi connectivity index (χ3v) is 9.25. The first kappa shape index (κ1) is 27.9. The van der Waals surface area contributed by atoms with Crippen LogP contribution in [0.3, 0.4) is 0 Å². The molecule has 1 aliphatic rings. The molecule has 1 aliphatic carbocycles. The third-order valence-electron chi connectivity index (χ3n) is 9.25. The molecule has 3 nitrogen and oxygen atoms in total. The van der Waals surface area contributed by atoms with Gasteiger partial charge in [-0.3, -0.25) is 0 Å². The summed E-state index contributed by atoms with van der Waals surface area (Å²) in [5.74, 6) is 2.00. The van der Waals surface area contributed by atoms with Crippen LogP contribution in [0, 0.1) is 0 Å². The summed E-state index contributed by atoms with van der Waals surface area (Å²) in [6, 6.07) is 44.7. The Morgan fingerprint density at radius 1 is 0.364 bits per heavy atom. The van der Waals surface area contributed by atoms with Crippen LogP contribution in [0.4, 0.5) is 0 Å². The molecule has 0 saturated heterocycles. The molecule has 216 valence electrons. The fourth-order valence-electron chi connectivity index (χ4n) is 6.37. The molecule has 0 unspecified atom stereocenters. The maximum absolute atomic E-state index is 4.97. The zero-order chi connectivity index (χ0) is 30.3. The van der Waals surface area contributed by atoms with Crippen LogP contribution in [-0.2, 0) is 10.8 Å². The van der Waals surface area contributed by atoms with Crippen molar-refractivity contribution in [1.82, 2.24) is 15.0 Å². The molecule has 0 fully saturated rings. The molecule has 0 atom stereocenters. The standard InChI is InChI=1S/C41H37N3/c1-40(2)25-26-41(3,4)36-27-34(23-24-35(36)40)30-17-21-33(22-18-30)39-43-37(31-13-9-6-10-14-31)42-38(44-39)32-19-15-29(16-20-32)28-11-7-5-8-12-28/h5-24,27H,25-26H2,1-4H3. The van der Waals surface area contributed by atoms with Gasteiger partial charge in [0.05, 0.1) is 0 Å². The normalized spacial score (nSPS) is 15.0. The van der Waals surface area contributed by atoms with E-state index in [4.69, 9.17) is 15.0 Å². The van der Waals surface area contributed by atoms with Crippen LogP contribution in [0.25, 0.3) is 56.4 Å². The molecular weight excluding hydrogens is 534 g/mol. The summed E-state index contributed by atoms with van der Waals surface area (Å²) in [5.41, 5.74) is 11.0. The molecule has 1 aromatic heterocycles. The van der Waals surface area contributed by atoms with Crippen molar-refractivity contribution in [2.75, 3.05) is 0 Å². The fraction of sp³-hybridized carbons (Fsp3) is 0.195. The van der Waals surface area contributed by atoms with Crippen molar-refractivity contribution < 1.29 is 0 Å². The van der Waals surface area contributed by atoms with E-state index in [0.29, 0.717) is 17.5 Å². The molecule has 0 saturated carbocycles. The minimum absolute atomic E-state index is 0.176. The molecule has 3 heteroatoms. The van der Waals surface area contributed by atoms with Crippen molar-refractivity contribution in [1.29, 1.82) is 0 Å². The van der Waals surface area contributed by atoms with E-state index in [9.17, 15) is 0 Å².